The summed E-state index contributed by atoms with van der Waals surface area (Å²) in [6, 6.07) is 0. The van der Waals surface area contributed by atoms with Crippen LogP contribution in [0.3, 0.4) is 0 Å². The van der Waals surface area contributed by atoms with Crippen LogP contribution in [0.2, 0.25) is 0 Å². The Kier molecular flexibility index (Phi) is 8.30. The minimum absolute atomic E-state index is 0.0987. The Hall–Kier alpha value is -0.0100. The molecule has 3 unspecified atom stereocenters. The third-order valence-corrected chi connectivity index (χ3v) is 2.35. The lowest BCUT2D eigenvalue weighted by Crippen LogP contribution is -2.28. The molecule has 0 aromatic heterocycles. The average Bonchev–Trinajstić information content (AvgIpc) is 2.16. The predicted molar refractivity (Wildman–Crippen MR) is 52.9 cm³/mol. The molecule has 0 heterocycles. The van der Waals surface area contributed by atoms with E-state index in [1.165, 1.54) is 7.11 Å². The van der Waals surface area contributed by atoms with Crippen LogP contribution in [-0.4, -0.2) is 35.4 Å². The van der Waals surface area contributed by atoms with Crippen molar-refractivity contribution >= 4 is 11.4 Å². The monoisotopic (exact) mass is 226 g/mol. The average molecular weight is 226 g/mol. The largest absolute Gasteiger partial charge is 0.359 e. The summed E-state index contributed by atoms with van der Waals surface area (Å²) in [7, 11) is 1.53. The molecule has 1 N–H and O–H groups in total. The van der Waals surface area contributed by atoms with E-state index in [2.05, 4.69) is 4.18 Å². The summed E-state index contributed by atoms with van der Waals surface area (Å²) < 4.78 is 33.4. The molecule has 0 radical (unpaired) electrons. The number of rotatable bonds is 8. The topological polar surface area (TPSA) is 65.0 Å². The molecule has 0 fully saturated rings. The Balaban J connectivity index is 3.89. The van der Waals surface area contributed by atoms with E-state index in [0.717, 1.165) is 6.42 Å². The third kappa shape index (κ3) is 6.44. The van der Waals surface area contributed by atoms with E-state index >= 15 is 0 Å². The van der Waals surface area contributed by atoms with E-state index in [1.54, 1.807) is 0 Å². The van der Waals surface area contributed by atoms with E-state index < -0.39 is 11.4 Å². The molecule has 0 saturated heterocycles. The van der Waals surface area contributed by atoms with Crippen molar-refractivity contribution in [3.63, 3.8) is 0 Å². The van der Waals surface area contributed by atoms with Crippen molar-refractivity contribution < 1.29 is 22.4 Å². The zero-order valence-corrected chi connectivity index (χ0v) is 9.58. The maximum absolute atomic E-state index is 10.3. The van der Waals surface area contributed by atoms with E-state index in [0.29, 0.717) is 0 Å². The van der Waals surface area contributed by atoms with Gasteiger partial charge < -0.3 is 9.47 Å². The molecule has 14 heavy (non-hydrogen) atoms. The van der Waals surface area contributed by atoms with Crippen LogP contribution in [0.1, 0.15) is 20.3 Å². The quantitative estimate of drug-likeness (QED) is 0.497. The van der Waals surface area contributed by atoms with E-state index in [-0.39, 0.29) is 25.4 Å². The smallest absolute Gasteiger partial charge is 0.301 e. The highest BCUT2D eigenvalue weighted by atomic mass is 32.2. The molecule has 0 rings (SSSR count). The van der Waals surface area contributed by atoms with Crippen LogP contribution in [0, 0.1) is 5.92 Å². The summed E-state index contributed by atoms with van der Waals surface area (Å²) in [4.78, 5) is 0. The zero-order valence-electron chi connectivity index (χ0n) is 8.76. The highest BCUT2D eigenvalue weighted by Gasteiger charge is 2.17. The first kappa shape index (κ1) is 14.0. The fraction of sp³-hybridized carbons (Fsp3) is 1.00. The van der Waals surface area contributed by atoms with Gasteiger partial charge in [-0.1, -0.05) is 20.3 Å². The zero-order chi connectivity index (χ0) is 11.0. The fourth-order valence-corrected chi connectivity index (χ4v) is 1.17. The SMILES string of the molecule is CCC(C)C(COS(=O)O)OCOC. The molecular formula is C8H18O5S. The Morgan fingerprint density at radius 2 is 2.14 bits per heavy atom. The van der Waals surface area contributed by atoms with Crippen molar-refractivity contribution in [1.29, 1.82) is 0 Å². The van der Waals surface area contributed by atoms with Gasteiger partial charge in [0.25, 0.3) is 0 Å². The number of ether oxygens (including phenoxy) is 2. The number of methoxy groups -OCH3 is 1. The molecule has 3 atom stereocenters. The second-order valence-electron chi connectivity index (χ2n) is 3.00. The van der Waals surface area contributed by atoms with Gasteiger partial charge in [-0.25, -0.2) is 0 Å². The summed E-state index contributed by atoms with van der Waals surface area (Å²) in [6.07, 6.45) is 0.701. The van der Waals surface area contributed by atoms with Crippen LogP contribution in [-0.2, 0) is 25.0 Å². The van der Waals surface area contributed by atoms with Gasteiger partial charge in [0, 0.05) is 7.11 Å². The van der Waals surface area contributed by atoms with Gasteiger partial charge in [0.2, 0.25) is 0 Å². The third-order valence-electron chi connectivity index (χ3n) is 2.01. The van der Waals surface area contributed by atoms with Gasteiger partial charge in [-0.15, -0.1) is 0 Å². The molecule has 0 aromatic rings. The second-order valence-corrected chi connectivity index (χ2v) is 3.67. The van der Waals surface area contributed by atoms with Crippen molar-refractivity contribution in [2.75, 3.05) is 20.5 Å². The highest BCUT2D eigenvalue weighted by Crippen LogP contribution is 2.12. The van der Waals surface area contributed by atoms with Crippen LogP contribution in [0.25, 0.3) is 0 Å². The van der Waals surface area contributed by atoms with Crippen molar-refractivity contribution in [1.82, 2.24) is 0 Å². The standard InChI is InChI=1S/C8H18O5S/c1-4-7(2)8(12-6-11-3)5-13-14(9)10/h7-8H,4-6H2,1-3H3,(H,9,10). The van der Waals surface area contributed by atoms with Gasteiger partial charge in [-0.3, -0.25) is 8.74 Å². The highest BCUT2D eigenvalue weighted by molar-refractivity contribution is 7.74. The number of hydrogen-bond acceptors (Lipinski definition) is 4. The molecule has 6 heteroatoms. The minimum atomic E-state index is -2.23. The predicted octanol–water partition coefficient (Wildman–Crippen LogP) is 1.17. The molecule has 86 valence electrons. The molecule has 0 aliphatic carbocycles. The Bertz CT molecular complexity index is 164. The fourth-order valence-electron chi connectivity index (χ4n) is 0.920. The summed E-state index contributed by atoms with van der Waals surface area (Å²) in [6.45, 7) is 4.27. The van der Waals surface area contributed by atoms with E-state index in [9.17, 15) is 4.21 Å². The molecule has 0 amide bonds. The van der Waals surface area contributed by atoms with Crippen molar-refractivity contribution in [3.05, 3.63) is 0 Å². The van der Waals surface area contributed by atoms with E-state index in [1.807, 2.05) is 13.8 Å². The molecule has 0 bridgehead atoms. The summed E-state index contributed by atoms with van der Waals surface area (Å²) >= 11 is -2.23. The maximum Gasteiger partial charge on any atom is 0.301 e. The first-order chi connectivity index (χ1) is 6.61. The molecule has 0 saturated carbocycles. The van der Waals surface area contributed by atoms with Gasteiger partial charge >= 0.3 is 11.4 Å². The van der Waals surface area contributed by atoms with Gasteiger partial charge in [-0.2, -0.15) is 4.21 Å². The Labute approximate surface area is 87.2 Å². The van der Waals surface area contributed by atoms with Crippen molar-refractivity contribution in [2.45, 2.75) is 26.4 Å². The molecule has 0 spiro atoms. The molecule has 0 aliphatic heterocycles. The molecule has 0 aromatic carbocycles. The second kappa shape index (κ2) is 8.31. The van der Waals surface area contributed by atoms with E-state index in [4.69, 9.17) is 14.0 Å². The van der Waals surface area contributed by atoms with Crippen LogP contribution >= 0.6 is 0 Å². The molecule has 0 aliphatic rings. The number of hydrogen-bond donors (Lipinski definition) is 1. The summed E-state index contributed by atoms with van der Waals surface area (Å²) in [5.74, 6) is 0.258. The molecular weight excluding hydrogens is 208 g/mol. The summed E-state index contributed by atoms with van der Waals surface area (Å²) in [5.41, 5.74) is 0. The Morgan fingerprint density at radius 3 is 2.57 bits per heavy atom. The lowest BCUT2D eigenvalue weighted by molar-refractivity contribution is -0.101. The lowest BCUT2D eigenvalue weighted by atomic mass is 10.0. The minimum Gasteiger partial charge on any atom is -0.359 e. The van der Waals surface area contributed by atoms with Crippen LogP contribution < -0.4 is 0 Å². The van der Waals surface area contributed by atoms with Crippen LogP contribution in [0.4, 0.5) is 0 Å². The summed E-state index contributed by atoms with van der Waals surface area (Å²) in [5, 5.41) is 0. The maximum atomic E-state index is 10.3. The molecule has 5 nitrogen and oxygen atoms in total. The van der Waals surface area contributed by atoms with Gasteiger partial charge in [0.15, 0.2) is 0 Å². The van der Waals surface area contributed by atoms with Gasteiger partial charge in [-0.05, 0) is 5.92 Å². The van der Waals surface area contributed by atoms with Crippen molar-refractivity contribution in [2.24, 2.45) is 5.92 Å². The lowest BCUT2D eigenvalue weighted by Gasteiger charge is -2.21. The van der Waals surface area contributed by atoms with Gasteiger partial charge in [0.1, 0.15) is 6.79 Å². The Morgan fingerprint density at radius 1 is 1.50 bits per heavy atom. The van der Waals surface area contributed by atoms with Crippen molar-refractivity contribution in [3.8, 4) is 0 Å². The first-order valence-electron chi connectivity index (χ1n) is 4.46. The normalized spacial score (nSPS) is 17.7. The van der Waals surface area contributed by atoms with Gasteiger partial charge in [0.05, 0.1) is 12.7 Å². The van der Waals surface area contributed by atoms with Crippen LogP contribution in [0.15, 0.2) is 0 Å². The van der Waals surface area contributed by atoms with Crippen LogP contribution in [0.5, 0.6) is 0 Å². The first-order valence-corrected chi connectivity index (χ1v) is 5.49.